The summed E-state index contributed by atoms with van der Waals surface area (Å²) in [5, 5.41) is 9.78. The second-order valence-corrected chi connectivity index (χ2v) is 8.56. The van der Waals surface area contributed by atoms with Gasteiger partial charge in [-0.1, -0.05) is 12.1 Å². The van der Waals surface area contributed by atoms with Gasteiger partial charge in [-0.25, -0.2) is 4.98 Å². The van der Waals surface area contributed by atoms with Crippen LogP contribution < -0.4 is 9.64 Å². The third-order valence-corrected chi connectivity index (χ3v) is 6.14. The molecule has 0 spiro atoms. The van der Waals surface area contributed by atoms with Gasteiger partial charge in [0, 0.05) is 19.3 Å². The number of rotatable bonds is 9. The van der Waals surface area contributed by atoms with Crippen LogP contribution in [0, 0.1) is 6.92 Å². The molecule has 0 unspecified atom stereocenters. The summed E-state index contributed by atoms with van der Waals surface area (Å²) in [6.07, 6.45) is 4.10. The number of aliphatic hydroxyl groups excluding tert-OH is 1. The Kier molecular flexibility index (Phi) is 7.66. The Labute approximate surface area is 183 Å². The highest BCUT2D eigenvalue weighted by Gasteiger charge is 2.10. The number of nitrogens with zero attached hydrogens (tertiary/aromatic N) is 2. The first-order chi connectivity index (χ1) is 14.0. The zero-order valence-electron chi connectivity index (χ0n) is 16.8. The third-order valence-electron chi connectivity index (χ3n) is 4.53. The van der Waals surface area contributed by atoms with Crippen molar-refractivity contribution in [2.24, 2.45) is 0 Å². The van der Waals surface area contributed by atoms with Crippen LogP contribution in [0.2, 0.25) is 0 Å². The lowest BCUT2D eigenvalue weighted by atomic mass is 10.1. The molecule has 0 atom stereocenters. The highest BCUT2D eigenvalue weighted by Crippen LogP contribution is 2.31. The minimum atomic E-state index is 0.0549. The number of methoxy groups -OCH3 is 1. The molecule has 5 nitrogen and oxygen atoms in total. The third kappa shape index (κ3) is 5.57. The maximum absolute atomic E-state index is 8.81. The molecule has 1 N–H and O–H groups in total. The van der Waals surface area contributed by atoms with E-state index in [9.17, 15) is 0 Å². The number of aryl methyl sites for hydroxylation is 1. The van der Waals surface area contributed by atoms with Crippen molar-refractivity contribution in [1.82, 2.24) is 4.98 Å². The summed E-state index contributed by atoms with van der Waals surface area (Å²) >= 11 is 5.20. The van der Waals surface area contributed by atoms with E-state index in [2.05, 4.69) is 53.0 Å². The van der Waals surface area contributed by atoms with Crippen molar-refractivity contribution in [2.75, 3.05) is 45.4 Å². The smallest absolute Gasteiger partial charge is 0.133 e. The number of halogens is 1. The van der Waals surface area contributed by atoms with Gasteiger partial charge in [-0.3, -0.25) is 0 Å². The molecule has 3 aromatic rings. The Morgan fingerprint density at radius 2 is 2.03 bits per heavy atom. The van der Waals surface area contributed by atoms with Gasteiger partial charge in [0.2, 0.25) is 0 Å². The van der Waals surface area contributed by atoms with Gasteiger partial charge in [0.05, 0.1) is 41.6 Å². The van der Waals surface area contributed by atoms with Gasteiger partial charge in [0.1, 0.15) is 10.8 Å². The standard InChI is InChI=1S/C22H25BrN2O3S/c1-15-12-18-21(14-19(15)25(2)8-10-28-11-9-26)29-22(24-18)7-5-16-4-6-20(27-3)17(23)13-16/h4-7,12-14,26H,8-11H2,1-3H3. The predicted octanol–water partition coefficient (Wildman–Crippen LogP) is 4.99. The van der Waals surface area contributed by atoms with E-state index >= 15 is 0 Å². The first-order valence-corrected chi connectivity index (χ1v) is 11.0. The number of hydrogen-bond donors (Lipinski definition) is 1. The lowest BCUT2D eigenvalue weighted by Crippen LogP contribution is -2.23. The van der Waals surface area contributed by atoms with E-state index in [1.165, 1.54) is 11.3 Å². The largest absolute Gasteiger partial charge is 0.496 e. The van der Waals surface area contributed by atoms with Crippen molar-refractivity contribution >= 4 is 55.3 Å². The zero-order valence-corrected chi connectivity index (χ0v) is 19.2. The van der Waals surface area contributed by atoms with Crippen molar-refractivity contribution in [3.8, 4) is 5.75 Å². The zero-order chi connectivity index (χ0) is 20.8. The van der Waals surface area contributed by atoms with Crippen LogP contribution in [0.25, 0.3) is 22.4 Å². The first-order valence-electron chi connectivity index (χ1n) is 9.34. The maximum atomic E-state index is 8.81. The van der Waals surface area contributed by atoms with Crippen molar-refractivity contribution in [2.45, 2.75) is 6.92 Å². The highest BCUT2D eigenvalue weighted by atomic mass is 79.9. The summed E-state index contributed by atoms with van der Waals surface area (Å²) in [5.41, 5.74) is 4.44. The molecule has 7 heteroatoms. The second-order valence-electron chi connectivity index (χ2n) is 6.64. The van der Waals surface area contributed by atoms with E-state index in [0.717, 1.165) is 37.6 Å². The molecule has 0 fully saturated rings. The molecule has 0 amide bonds. The lowest BCUT2D eigenvalue weighted by Gasteiger charge is -2.21. The second kappa shape index (κ2) is 10.2. The van der Waals surface area contributed by atoms with Crippen LogP contribution >= 0.6 is 27.3 Å². The summed E-state index contributed by atoms with van der Waals surface area (Å²) < 4.78 is 12.7. The molecule has 0 saturated heterocycles. The monoisotopic (exact) mass is 476 g/mol. The number of aromatic nitrogens is 1. The Balaban J connectivity index is 1.76. The minimum Gasteiger partial charge on any atom is -0.496 e. The number of likely N-dealkylation sites (N-methyl/N-ethyl adjacent to an activating group) is 1. The minimum absolute atomic E-state index is 0.0549. The van der Waals surface area contributed by atoms with Crippen molar-refractivity contribution in [3.63, 3.8) is 0 Å². The maximum Gasteiger partial charge on any atom is 0.133 e. The highest BCUT2D eigenvalue weighted by molar-refractivity contribution is 9.10. The van der Waals surface area contributed by atoms with Gasteiger partial charge in [0.25, 0.3) is 0 Å². The van der Waals surface area contributed by atoms with Crippen LogP contribution in [0.1, 0.15) is 16.1 Å². The molecule has 0 aliphatic heterocycles. The molecule has 0 bridgehead atoms. The summed E-state index contributed by atoms with van der Waals surface area (Å²) in [6.45, 7) is 3.89. The van der Waals surface area contributed by atoms with E-state index in [1.54, 1.807) is 18.4 Å². The van der Waals surface area contributed by atoms with E-state index in [4.69, 9.17) is 19.6 Å². The van der Waals surface area contributed by atoms with E-state index in [0.29, 0.717) is 13.2 Å². The predicted molar refractivity (Wildman–Crippen MR) is 125 cm³/mol. The van der Waals surface area contributed by atoms with E-state index < -0.39 is 0 Å². The van der Waals surface area contributed by atoms with Gasteiger partial charge in [0.15, 0.2) is 0 Å². The van der Waals surface area contributed by atoms with Crippen LogP contribution in [0.4, 0.5) is 5.69 Å². The normalized spacial score (nSPS) is 11.5. The average Bonchev–Trinajstić information content (AvgIpc) is 3.10. The van der Waals surface area contributed by atoms with Gasteiger partial charge in [-0.2, -0.15) is 0 Å². The quantitative estimate of drug-likeness (QED) is 0.440. The Bertz CT molecular complexity index is 1000. The van der Waals surface area contributed by atoms with Crippen molar-refractivity contribution < 1.29 is 14.6 Å². The molecule has 154 valence electrons. The molecule has 29 heavy (non-hydrogen) atoms. The number of fused-ring (bicyclic) bond motifs is 1. The van der Waals surface area contributed by atoms with Gasteiger partial charge in [-0.05, 0) is 64.3 Å². The van der Waals surface area contributed by atoms with Crippen molar-refractivity contribution in [1.29, 1.82) is 0 Å². The SMILES string of the molecule is COc1ccc(C=Cc2nc3cc(C)c(N(C)CCOCCO)cc3s2)cc1Br. The molecule has 0 radical (unpaired) electrons. The summed E-state index contributed by atoms with van der Waals surface area (Å²) in [5.74, 6) is 0.816. The first kappa shape index (κ1) is 21.8. The lowest BCUT2D eigenvalue weighted by molar-refractivity contribution is 0.0971. The molecule has 0 aliphatic rings. The molecule has 3 rings (SSSR count). The number of anilines is 1. The summed E-state index contributed by atoms with van der Waals surface area (Å²) in [4.78, 5) is 6.93. The van der Waals surface area contributed by atoms with Gasteiger partial charge < -0.3 is 19.5 Å². The Hall–Kier alpha value is -1.93. The number of thiazole rings is 1. The molecule has 0 saturated carbocycles. The van der Waals surface area contributed by atoms with Crippen LogP contribution in [-0.2, 0) is 4.74 Å². The molecular weight excluding hydrogens is 452 g/mol. The van der Waals surface area contributed by atoms with Crippen LogP contribution in [-0.4, -0.2) is 50.6 Å². The molecular formula is C22H25BrN2O3S. The van der Waals surface area contributed by atoms with E-state index in [1.807, 2.05) is 24.3 Å². The number of aliphatic hydroxyl groups is 1. The van der Waals surface area contributed by atoms with Crippen molar-refractivity contribution in [3.05, 3.63) is 50.9 Å². The van der Waals surface area contributed by atoms with Crippen LogP contribution in [0.15, 0.2) is 34.8 Å². The topological polar surface area (TPSA) is 54.8 Å². The fourth-order valence-electron chi connectivity index (χ4n) is 3.01. The fourth-order valence-corrected chi connectivity index (χ4v) is 4.45. The van der Waals surface area contributed by atoms with Gasteiger partial charge in [-0.15, -0.1) is 11.3 Å². The number of ether oxygens (including phenoxy) is 2. The molecule has 2 aromatic carbocycles. The van der Waals surface area contributed by atoms with Gasteiger partial charge >= 0.3 is 0 Å². The van der Waals surface area contributed by atoms with Crippen LogP contribution in [0.3, 0.4) is 0 Å². The molecule has 1 heterocycles. The summed E-state index contributed by atoms with van der Waals surface area (Å²) in [6, 6.07) is 10.3. The number of hydrogen-bond acceptors (Lipinski definition) is 6. The molecule has 1 aromatic heterocycles. The Morgan fingerprint density at radius 1 is 1.21 bits per heavy atom. The molecule has 0 aliphatic carbocycles. The Morgan fingerprint density at radius 3 is 2.76 bits per heavy atom. The van der Waals surface area contributed by atoms with Crippen LogP contribution in [0.5, 0.6) is 5.75 Å². The number of benzene rings is 2. The fraction of sp³-hybridized carbons (Fsp3) is 0.318. The summed E-state index contributed by atoms with van der Waals surface area (Å²) in [7, 11) is 3.71. The van der Waals surface area contributed by atoms with E-state index in [-0.39, 0.29) is 6.61 Å². The average molecular weight is 477 g/mol.